The average Bonchev–Trinajstić information content (AvgIpc) is 2.36. The Labute approximate surface area is 142 Å². The molecule has 0 radical (unpaired) electrons. The van der Waals surface area contributed by atoms with Crippen LogP contribution in [0.5, 0.6) is 0 Å². The first-order valence-electron chi connectivity index (χ1n) is 5.15. The summed E-state index contributed by atoms with van der Waals surface area (Å²) >= 11 is 26.7. The maximum absolute atomic E-state index is 13.8. The molecule has 0 aromatic heterocycles. The number of carbonyl (C=O) groups excluding carboxylic acids is 1. The summed E-state index contributed by atoms with van der Waals surface area (Å²) in [5.74, 6) is -1.36. The summed E-state index contributed by atoms with van der Waals surface area (Å²) in [5.41, 5.74) is -0.237. The summed E-state index contributed by atoms with van der Waals surface area (Å²) in [6.07, 6.45) is 0. The van der Waals surface area contributed by atoms with Crippen molar-refractivity contribution >= 4 is 68.1 Å². The number of hydrogen-bond donors (Lipinski definition) is 0. The van der Waals surface area contributed by atoms with E-state index in [1.807, 2.05) is 0 Å². The van der Waals surface area contributed by atoms with Gasteiger partial charge in [0.2, 0.25) is 0 Å². The topological polar surface area (TPSA) is 17.1 Å². The fraction of sp³-hybridized carbons (Fsp3) is 0. The molecule has 0 aliphatic heterocycles. The van der Waals surface area contributed by atoms with Gasteiger partial charge in [0.25, 0.3) is 0 Å². The predicted octanol–water partition coefficient (Wildman–Crippen LogP) is 6.43. The molecule has 20 heavy (non-hydrogen) atoms. The summed E-state index contributed by atoms with van der Waals surface area (Å²) in [4.78, 5) is 12.4. The summed E-state index contributed by atoms with van der Waals surface area (Å²) in [6, 6.07) is 5.33. The Morgan fingerprint density at radius 2 is 1.65 bits per heavy atom. The van der Waals surface area contributed by atoms with Gasteiger partial charge in [-0.25, -0.2) is 4.39 Å². The highest BCUT2D eigenvalue weighted by molar-refractivity contribution is 9.10. The second-order valence-corrected chi connectivity index (χ2v) is 6.28. The molecule has 2 aromatic rings. The lowest BCUT2D eigenvalue weighted by atomic mass is 10.0. The van der Waals surface area contributed by atoms with Gasteiger partial charge in [0.05, 0.1) is 31.2 Å². The van der Waals surface area contributed by atoms with Gasteiger partial charge in [0, 0.05) is 4.47 Å². The Bertz CT molecular complexity index is 718. The van der Waals surface area contributed by atoms with Crippen molar-refractivity contribution in [3.8, 4) is 0 Å². The number of hydrogen-bond acceptors (Lipinski definition) is 1. The van der Waals surface area contributed by atoms with Crippen LogP contribution in [0.4, 0.5) is 4.39 Å². The van der Waals surface area contributed by atoms with Crippen molar-refractivity contribution in [1.29, 1.82) is 0 Å². The third-order valence-electron chi connectivity index (χ3n) is 2.52. The molecule has 0 unspecified atom stereocenters. The van der Waals surface area contributed by atoms with E-state index in [-0.39, 0.29) is 31.2 Å². The van der Waals surface area contributed by atoms with Gasteiger partial charge in [-0.2, -0.15) is 0 Å². The van der Waals surface area contributed by atoms with Crippen molar-refractivity contribution in [3.05, 3.63) is 65.8 Å². The molecule has 0 aliphatic rings. The van der Waals surface area contributed by atoms with Crippen LogP contribution in [-0.2, 0) is 0 Å². The molecule has 1 nitrogen and oxygen atoms in total. The third kappa shape index (κ3) is 2.97. The number of ketones is 1. The molecule has 104 valence electrons. The van der Waals surface area contributed by atoms with Crippen LogP contribution in [0.1, 0.15) is 15.9 Å². The van der Waals surface area contributed by atoms with Crippen molar-refractivity contribution in [1.82, 2.24) is 0 Å². The Morgan fingerprint density at radius 1 is 1.00 bits per heavy atom. The van der Waals surface area contributed by atoms with Crippen molar-refractivity contribution in [3.63, 3.8) is 0 Å². The van der Waals surface area contributed by atoms with Gasteiger partial charge in [0.1, 0.15) is 5.82 Å². The molecule has 7 heteroatoms. The molecule has 2 aromatic carbocycles. The second-order valence-electron chi connectivity index (χ2n) is 3.80. The molecule has 0 amide bonds. The zero-order valence-corrected chi connectivity index (χ0v) is 14.1. The standard InChI is InChI=1S/C13H4BrCl4FO/c14-5-1-2-6(9(19)3-5)13(20)10-7(15)4-8(16)11(17)12(10)18/h1-4H. The van der Waals surface area contributed by atoms with Crippen LogP contribution >= 0.6 is 62.3 Å². The highest BCUT2D eigenvalue weighted by atomic mass is 79.9. The van der Waals surface area contributed by atoms with Crippen LogP contribution in [0.15, 0.2) is 28.7 Å². The van der Waals surface area contributed by atoms with Gasteiger partial charge in [-0.05, 0) is 24.3 Å². The molecule has 0 aliphatic carbocycles. The van der Waals surface area contributed by atoms with Crippen molar-refractivity contribution < 1.29 is 9.18 Å². The Kier molecular flexibility index (Phi) is 4.98. The average molecular weight is 417 g/mol. The Morgan fingerprint density at radius 3 is 2.25 bits per heavy atom. The van der Waals surface area contributed by atoms with Crippen LogP contribution in [0.25, 0.3) is 0 Å². The molecule has 0 N–H and O–H groups in total. The van der Waals surface area contributed by atoms with E-state index < -0.39 is 11.6 Å². The summed E-state index contributed by atoms with van der Waals surface area (Å²) in [7, 11) is 0. The van der Waals surface area contributed by atoms with Crippen LogP contribution in [0.3, 0.4) is 0 Å². The quantitative estimate of drug-likeness (QED) is 0.313. The summed E-state index contributed by atoms with van der Waals surface area (Å²) in [5, 5.41) is 0.0290. The first-order chi connectivity index (χ1) is 9.32. The minimum absolute atomic E-state index is 0.00129. The lowest BCUT2D eigenvalue weighted by molar-refractivity contribution is 0.103. The Hall–Kier alpha value is -0.320. The van der Waals surface area contributed by atoms with E-state index in [9.17, 15) is 9.18 Å². The first kappa shape index (κ1) is 16.1. The highest BCUT2D eigenvalue weighted by Crippen LogP contribution is 2.38. The van der Waals surface area contributed by atoms with Crippen molar-refractivity contribution in [2.45, 2.75) is 0 Å². The number of carbonyl (C=O) groups is 1. The molecule has 0 bridgehead atoms. The minimum Gasteiger partial charge on any atom is -0.288 e. The molecular formula is C13H4BrCl4FO. The molecular weight excluding hydrogens is 413 g/mol. The highest BCUT2D eigenvalue weighted by Gasteiger charge is 2.23. The molecule has 0 spiro atoms. The number of halogens is 6. The Balaban J connectivity index is 2.63. The van der Waals surface area contributed by atoms with Gasteiger partial charge in [0.15, 0.2) is 5.78 Å². The van der Waals surface area contributed by atoms with E-state index in [2.05, 4.69) is 15.9 Å². The third-order valence-corrected chi connectivity index (χ3v) is 4.57. The largest absolute Gasteiger partial charge is 0.288 e. The summed E-state index contributed by atoms with van der Waals surface area (Å²) < 4.78 is 14.3. The normalized spacial score (nSPS) is 10.7. The van der Waals surface area contributed by atoms with Gasteiger partial charge < -0.3 is 0 Å². The maximum Gasteiger partial charge on any atom is 0.199 e. The molecule has 0 saturated carbocycles. The molecule has 0 fully saturated rings. The van der Waals surface area contributed by atoms with Crippen LogP contribution in [0, 0.1) is 5.82 Å². The monoisotopic (exact) mass is 414 g/mol. The lowest BCUT2D eigenvalue weighted by Gasteiger charge is -2.10. The molecule has 0 heterocycles. The van der Waals surface area contributed by atoms with Gasteiger partial charge in [-0.1, -0.05) is 62.3 Å². The fourth-order valence-electron chi connectivity index (χ4n) is 1.58. The van der Waals surface area contributed by atoms with Crippen LogP contribution < -0.4 is 0 Å². The van der Waals surface area contributed by atoms with E-state index in [1.54, 1.807) is 0 Å². The van der Waals surface area contributed by atoms with E-state index in [1.165, 1.54) is 24.3 Å². The van der Waals surface area contributed by atoms with Crippen LogP contribution in [-0.4, -0.2) is 5.78 Å². The fourth-order valence-corrected chi connectivity index (χ4v) is 3.00. The number of benzene rings is 2. The SMILES string of the molecule is O=C(c1ccc(Br)cc1F)c1c(Cl)cc(Cl)c(Cl)c1Cl. The maximum atomic E-state index is 13.8. The smallest absolute Gasteiger partial charge is 0.199 e. The van der Waals surface area contributed by atoms with Gasteiger partial charge in [-0.15, -0.1) is 0 Å². The van der Waals surface area contributed by atoms with E-state index in [0.717, 1.165) is 0 Å². The van der Waals surface area contributed by atoms with Gasteiger partial charge in [-0.3, -0.25) is 4.79 Å². The number of rotatable bonds is 2. The van der Waals surface area contributed by atoms with E-state index in [4.69, 9.17) is 46.4 Å². The second kappa shape index (κ2) is 6.20. The lowest BCUT2D eigenvalue weighted by Crippen LogP contribution is -2.06. The van der Waals surface area contributed by atoms with Crippen LogP contribution in [0.2, 0.25) is 20.1 Å². The van der Waals surface area contributed by atoms with E-state index in [0.29, 0.717) is 4.47 Å². The first-order valence-corrected chi connectivity index (χ1v) is 7.46. The van der Waals surface area contributed by atoms with E-state index >= 15 is 0 Å². The molecule has 2 rings (SSSR count). The summed E-state index contributed by atoms with van der Waals surface area (Å²) in [6.45, 7) is 0. The van der Waals surface area contributed by atoms with Gasteiger partial charge >= 0.3 is 0 Å². The van der Waals surface area contributed by atoms with Crippen molar-refractivity contribution in [2.24, 2.45) is 0 Å². The predicted molar refractivity (Wildman–Crippen MR) is 84.0 cm³/mol. The zero-order valence-electron chi connectivity index (χ0n) is 9.49. The molecule has 0 saturated heterocycles. The zero-order chi connectivity index (χ0) is 15.0. The molecule has 0 atom stereocenters. The minimum atomic E-state index is -0.692. The van der Waals surface area contributed by atoms with Crippen molar-refractivity contribution in [2.75, 3.05) is 0 Å².